The van der Waals surface area contributed by atoms with Gasteiger partial charge in [0.15, 0.2) is 0 Å². The molecule has 1 saturated heterocycles. The summed E-state index contributed by atoms with van der Waals surface area (Å²) >= 11 is 0. The van der Waals surface area contributed by atoms with Crippen molar-refractivity contribution < 1.29 is 25.0 Å². The molecule has 2 bridgehead atoms. The minimum absolute atomic E-state index is 0.108. The van der Waals surface area contributed by atoms with E-state index in [1.165, 1.54) is 6.42 Å². The molecule has 3 saturated carbocycles. The summed E-state index contributed by atoms with van der Waals surface area (Å²) in [5.41, 5.74) is 2.07. The van der Waals surface area contributed by atoms with Crippen LogP contribution in [-0.2, 0) is 16.2 Å². The molecule has 1 heterocycles. The van der Waals surface area contributed by atoms with Crippen LogP contribution < -0.4 is 5.32 Å². The van der Waals surface area contributed by atoms with E-state index in [0.29, 0.717) is 36.1 Å². The lowest BCUT2D eigenvalue weighted by atomic mass is 9.45. The molecule has 4 fully saturated rings. The molecular weight excluding hydrogens is 492 g/mol. The molecule has 4 aliphatic rings. The highest BCUT2D eigenvalue weighted by Crippen LogP contribution is 2.61. The molecule has 1 aliphatic heterocycles. The van der Waals surface area contributed by atoms with Crippen LogP contribution in [0.25, 0.3) is 0 Å². The van der Waals surface area contributed by atoms with E-state index >= 15 is 0 Å². The minimum atomic E-state index is -0.828. The molecular formula is C32H48N2O5. The van der Waals surface area contributed by atoms with Gasteiger partial charge in [0.1, 0.15) is 18.2 Å². The van der Waals surface area contributed by atoms with E-state index < -0.39 is 30.3 Å². The van der Waals surface area contributed by atoms with E-state index in [-0.39, 0.29) is 18.6 Å². The minimum Gasteiger partial charge on any atom is -0.396 e. The maximum absolute atomic E-state index is 13.7. The number of hydrogen-bond donors (Lipinski definition) is 4. The predicted octanol–water partition coefficient (Wildman–Crippen LogP) is 3.64. The van der Waals surface area contributed by atoms with Crippen molar-refractivity contribution in [2.45, 2.75) is 110 Å². The average Bonchev–Trinajstić information content (AvgIpc) is 3.27. The van der Waals surface area contributed by atoms with Crippen LogP contribution in [0.1, 0.15) is 84.3 Å². The van der Waals surface area contributed by atoms with Gasteiger partial charge in [-0.05, 0) is 73.5 Å². The molecule has 5 rings (SSSR count). The quantitative estimate of drug-likeness (QED) is 0.267. The smallest absolute Gasteiger partial charge is 0.240 e. The Morgan fingerprint density at radius 1 is 1.21 bits per heavy atom. The molecule has 3 aliphatic carbocycles. The number of nitrogens with one attached hydrogen (secondary N) is 1. The fraction of sp³-hybridized carbons (Fsp3) is 0.719. The standard InChI is InChI=1S/C32H48N2O5/c1-6-7-8-9-25(37)15-14-22-10-12-23(13-11-22)18-34-29(26(19-35)30(39-34)21(3)36)31(38)33-28-17-24-16-27(20(28)2)32(24,4)5/h10-13,20-21,24-30,35-37H,6-9,16-19H2,1-5H3,(H,33,38)/t20-,21+,24+,25+,26+,27-,28-,29+,30+/m1/s1. The van der Waals surface area contributed by atoms with Crippen LogP contribution in [0.5, 0.6) is 0 Å². The molecule has 0 aromatic heterocycles. The van der Waals surface area contributed by atoms with Crippen LogP contribution in [0.3, 0.4) is 0 Å². The molecule has 7 heteroatoms. The Balaban J connectivity index is 1.43. The first-order valence-electron chi connectivity index (χ1n) is 14.9. The maximum Gasteiger partial charge on any atom is 0.240 e. The summed E-state index contributed by atoms with van der Waals surface area (Å²) in [5, 5.41) is 35.6. The highest BCUT2D eigenvalue weighted by molar-refractivity contribution is 5.82. The zero-order chi connectivity index (χ0) is 28.3. The summed E-state index contributed by atoms with van der Waals surface area (Å²) in [6.07, 6.45) is 3.96. The lowest BCUT2D eigenvalue weighted by Gasteiger charge is -2.62. The van der Waals surface area contributed by atoms with Crippen LogP contribution in [0, 0.1) is 40.9 Å². The molecule has 9 atom stereocenters. The lowest BCUT2D eigenvalue weighted by molar-refractivity contribution is -0.193. The second kappa shape index (κ2) is 12.7. The van der Waals surface area contributed by atoms with Gasteiger partial charge in [-0.3, -0.25) is 9.63 Å². The molecule has 0 unspecified atom stereocenters. The first-order chi connectivity index (χ1) is 18.6. The molecule has 1 aromatic rings. The Hall–Kier alpha value is -1.95. The van der Waals surface area contributed by atoms with Gasteiger partial charge < -0.3 is 20.6 Å². The predicted molar refractivity (Wildman–Crippen MR) is 151 cm³/mol. The molecule has 39 heavy (non-hydrogen) atoms. The Kier molecular flexibility index (Phi) is 9.78. The molecule has 0 spiro atoms. The van der Waals surface area contributed by atoms with Crippen molar-refractivity contribution in [3.63, 3.8) is 0 Å². The van der Waals surface area contributed by atoms with E-state index in [2.05, 4.69) is 44.9 Å². The van der Waals surface area contributed by atoms with Gasteiger partial charge in [0.05, 0.1) is 19.3 Å². The Morgan fingerprint density at radius 2 is 1.92 bits per heavy atom. The highest BCUT2D eigenvalue weighted by atomic mass is 16.7. The van der Waals surface area contributed by atoms with Crippen LogP contribution in [0.15, 0.2) is 24.3 Å². The second-order valence-corrected chi connectivity index (χ2v) is 12.7. The Labute approximate surface area is 234 Å². The van der Waals surface area contributed by atoms with Gasteiger partial charge in [-0.1, -0.05) is 64.5 Å². The third-order valence-electron chi connectivity index (χ3n) is 9.79. The van der Waals surface area contributed by atoms with E-state index in [1.807, 2.05) is 24.3 Å². The molecule has 216 valence electrons. The number of unbranched alkanes of at least 4 members (excludes halogenated alkanes) is 2. The topological polar surface area (TPSA) is 102 Å². The summed E-state index contributed by atoms with van der Waals surface area (Å²) in [6.45, 7) is 10.8. The van der Waals surface area contributed by atoms with Crippen molar-refractivity contribution >= 4 is 5.91 Å². The van der Waals surface area contributed by atoms with Crippen LogP contribution >= 0.6 is 0 Å². The monoisotopic (exact) mass is 540 g/mol. The van der Waals surface area contributed by atoms with Gasteiger partial charge in [0.25, 0.3) is 0 Å². The molecule has 0 radical (unpaired) electrons. The average molecular weight is 541 g/mol. The third-order valence-corrected chi connectivity index (χ3v) is 9.79. The fourth-order valence-corrected chi connectivity index (χ4v) is 7.11. The summed E-state index contributed by atoms with van der Waals surface area (Å²) < 4.78 is 0. The zero-order valence-corrected chi connectivity index (χ0v) is 24.3. The summed E-state index contributed by atoms with van der Waals surface area (Å²) in [5.74, 6) is 6.91. The number of aliphatic hydroxyl groups is 3. The molecule has 1 amide bonds. The summed E-state index contributed by atoms with van der Waals surface area (Å²) in [7, 11) is 0. The number of amides is 1. The summed E-state index contributed by atoms with van der Waals surface area (Å²) in [6, 6.07) is 7.09. The number of benzene rings is 1. The van der Waals surface area contributed by atoms with Gasteiger partial charge >= 0.3 is 0 Å². The fourth-order valence-electron chi connectivity index (χ4n) is 7.11. The number of carbonyl (C=O) groups excluding carboxylic acids is 1. The summed E-state index contributed by atoms with van der Waals surface area (Å²) in [4.78, 5) is 19.8. The van der Waals surface area contributed by atoms with Crippen molar-refractivity contribution in [1.82, 2.24) is 10.4 Å². The number of rotatable bonds is 10. The third kappa shape index (κ3) is 6.52. The second-order valence-electron chi connectivity index (χ2n) is 12.7. The Bertz CT molecular complexity index is 1030. The van der Waals surface area contributed by atoms with E-state index in [4.69, 9.17) is 4.84 Å². The number of hydroxylamine groups is 2. The van der Waals surface area contributed by atoms with Gasteiger partial charge in [0, 0.05) is 17.5 Å². The van der Waals surface area contributed by atoms with Gasteiger partial charge in [-0.15, -0.1) is 0 Å². The number of hydrogen-bond acceptors (Lipinski definition) is 6. The van der Waals surface area contributed by atoms with E-state index in [9.17, 15) is 20.1 Å². The molecule has 4 N–H and O–H groups in total. The maximum atomic E-state index is 13.7. The van der Waals surface area contributed by atoms with Crippen LogP contribution in [-0.4, -0.2) is 63.3 Å². The Morgan fingerprint density at radius 3 is 2.51 bits per heavy atom. The van der Waals surface area contributed by atoms with Crippen LogP contribution in [0.4, 0.5) is 0 Å². The highest BCUT2D eigenvalue weighted by Gasteiger charge is 2.57. The van der Waals surface area contributed by atoms with Gasteiger partial charge in [-0.2, -0.15) is 5.06 Å². The zero-order valence-electron chi connectivity index (χ0n) is 24.3. The van der Waals surface area contributed by atoms with Crippen molar-refractivity contribution in [1.29, 1.82) is 0 Å². The van der Waals surface area contributed by atoms with Crippen molar-refractivity contribution in [3.05, 3.63) is 35.4 Å². The largest absolute Gasteiger partial charge is 0.396 e. The van der Waals surface area contributed by atoms with E-state index in [1.54, 1.807) is 12.0 Å². The van der Waals surface area contributed by atoms with Crippen molar-refractivity contribution in [2.75, 3.05) is 6.61 Å². The van der Waals surface area contributed by atoms with Crippen molar-refractivity contribution in [3.8, 4) is 11.8 Å². The number of carbonyl (C=O) groups is 1. The van der Waals surface area contributed by atoms with Crippen molar-refractivity contribution in [2.24, 2.45) is 29.1 Å². The number of aliphatic hydroxyl groups excluding tert-OH is 3. The normalized spacial score (nSPS) is 33.0. The lowest BCUT2D eigenvalue weighted by Crippen LogP contribution is -2.62. The number of nitrogens with zero attached hydrogens (tertiary/aromatic N) is 1. The van der Waals surface area contributed by atoms with E-state index in [0.717, 1.165) is 36.8 Å². The molecule has 1 aromatic carbocycles. The first-order valence-corrected chi connectivity index (χ1v) is 14.9. The number of fused-ring (bicyclic) bond motifs is 2. The SMILES string of the molecule is CCCCC[C@H](O)C#Cc1ccc(CN2O[C@@H]([C@H](C)O)[C@@H](CO)[C@H]2C(=O)N[C@@H]2C[C@@H]3C[C@H]([C@H]2C)C3(C)C)cc1. The van der Waals surface area contributed by atoms with Gasteiger partial charge in [-0.25, -0.2) is 0 Å². The first kappa shape index (κ1) is 30.0. The molecule has 7 nitrogen and oxygen atoms in total. The van der Waals surface area contributed by atoms with Gasteiger partial charge in [0.2, 0.25) is 5.91 Å². The van der Waals surface area contributed by atoms with Crippen LogP contribution in [0.2, 0.25) is 0 Å².